The fourth-order valence-electron chi connectivity index (χ4n) is 5.31. The van der Waals surface area contributed by atoms with Gasteiger partial charge in [-0.2, -0.15) is 0 Å². The molecule has 3 aliphatic rings. The molecule has 2 heterocycles. The Hall–Kier alpha value is -2.77. The molecule has 0 aromatic carbocycles. The highest BCUT2D eigenvalue weighted by atomic mass is 16.2. The lowest BCUT2D eigenvalue weighted by Gasteiger charge is -2.33. The summed E-state index contributed by atoms with van der Waals surface area (Å²) in [6.45, 7) is 1.89. The van der Waals surface area contributed by atoms with E-state index >= 15 is 0 Å². The van der Waals surface area contributed by atoms with E-state index in [0.29, 0.717) is 30.1 Å². The number of carbonyl (C=O) groups excluding carboxylic acids is 3. The minimum absolute atomic E-state index is 0.0125. The maximum absolute atomic E-state index is 13.2. The SMILES string of the molecule is CC(=O)C(=N)c1ccncc1NCC(=O)N1CCCC1C(=O)NC1(C2CCCCC2)CC1. The van der Waals surface area contributed by atoms with E-state index in [1.165, 1.54) is 51.4 Å². The maximum atomic E-state index is 13.2. The number of likely N-dealkylation sites (tertiary alicyclic amines) is 1. The predicted molar refractivity (Wildman–Crippen MR) is 122 cm³/mol. The Balaban J connectivity index is 1.37. The van der Waals surface area contributed by atoms with E-state index in [2.05, 4.69) is 15.6 Å². The lowest BCUT2D eigenvalue weighted by Crippen LogP contribution is -2.52. The molecule has 1 saturated heterocycles. The molecule has 3 N–H and O–H groups in total. The van der Waals surface area contributed by atoms with E-state index in [1.54, 1.807) is 11.0 Å². The van der Waals surface area contributed by atoms with Crippen LogP contribution >= 0.6 is 0 Å². The fraction of sp³-hybridized carbons (Fsp3) is 0.625. The molecule has 2 aliphatic carbocycles. The first-order valence-corrected chi connectivity index (χ1v) is 11.8. The third-order valence-electron chi connectivity index (χ3n) is 7.30. The van der Waals surface area contributed by atoms with E-state index in [9.17, 15) is 14.4 Å². The largest absolute Gasteiger partial charge is 0.374 e. The molecule has 4 rings (SSSR count). The molecular weight excluding hydrogens is 406 g/mol. The summed E-state index contributed by atoms with van der Waals surface area (Å²) in [4.78, 5) is 43.4. The van der Waals surface area contributed by atoms with Gasteiger partial charge in [0.25, 0.3) is 0 Å². The molecular formula is C24H33N5O3. The monoisotopic (exact) mass is 439 g/mol. The number of rotatable bonds is 8. The van der Waals surface area contributed by atoms with Gasteiger partial charge < -0.3 is 15.5 Å². The van der Waals surface area contributed by atoms with Crippen LogP contribution in [0, 0.1) is 11.3 Å². The Kier molecular flexibility index (Phi) is 6.58. The third kappa shape index (κ3) is 4.69. The third-order valence-corrected chi connectivity index (χ3v) is 7.30. The highest BCUT2D eigenvalue weighted by Crippen LogP contribution is 2.48. The maximum Gasteiger partial charge on any atom is 0.243 e. The van der Waals surface area contributed by atoms with Crippen molar-refractivity contribution >= 4 is 29.0 Å². The minimum atomic E-state index is -0.422. The molecule has 2 amide bonds. The van der Waals surface area contributed by atoms with Crippen LogP contribution < -0.4 is 10.6 Å². The summed E-state index contributed by atoms with van der Waals surface area (Å²) in [7, 11) is 0. The van der Waals surface area contributed by atoms with Gasteiger partial charge in [0.1, 0.15) is 11.8 Å². The van der Waals surface area contributed by atoms with Gasteiger partial charge in [-0.3, -0.25) is 24.8 Å². The zero-order valence-corrected chi connectivity index (χ0v) is 18.8. The van der Waals surface area contributed by atoms with Crippen LogP contribution in [0.4, 0.5) is 5.69 Å². The van der Waals surface area contributed by atoms with Gasteiger partial charge in [-0.25, -0.2) is 0 Å². The number of anilines is 1. The van der Waals surface area contributed by atoms with E-state index in [0.717, 1.165) is 19.3 Å². The molecule has 3 fully saturated rings. The van der Waals surface area contributed by atoms with Crippen LogP contribution in [-0.4, -0.2) is 57.9 Å². The molecule has 32 heavy (non-hydrogen) atoms. The number of carbonyl (C=O) groups is 3. The standard InChI is InChI=1S/C24H33N5O3/c1-16(30)22(25)18-9-12-26-14-19(18)27-15-21(31)29-13-5-8-20(29)23(32)28-24(10-11-24)17-6-3-2-4-7-17/h9,12,14,17,20,25,27H,2-8,10-11,13,15H2,1H3,(H,28,32). The van der Waals surface area contributed by atoms with Crippen molar-refractivity contribution in [1.29, 1.82) is 5.41 Å². The summed E-state index contributed by atoms with van der Waals surface area (Å²) < 4.78 is 0. The van der Waals surface area contributed by atoms with E-state index in [4.69, 9.17) is 5.41 Å². The van der Waals surface area contributed by atoms with Crippen molar-refractivity contribution in [2.45, 2.75) is 76.3 Å². The highest BCUT2D eigenvalue weighted by Gasteiger charge is 2.51. The Morgan fingerprint density at radius 2 is 1.91 bits per heavy atom. The van der Waals surface area contributed by atoms with Crippen LogP contribution in [0.25, 0.3) is 0 Å². The lowest BCUT2D eigenvalue weighted by molar-refractivity contribution is -0.137. The number of Topliss-reactive ketones (excluding diaryl/α,β-unsaturated/α-hetero) is 1. The Morgan fingerprint density at radius 3 is 2.59 bits per heavy atom. The van der Waals surface area contributed by atoms with Crippen molar-refractivity contribution in [3.8, 4) is 0 Å². The lowest BCUT2D eigenvalue weighted by atomic mass is 9.82. The molecule has 1 aromatic rings. The summed E-state index contributed by atoms with van der Waals surface area (Å²) in [6, 6.07) is 1.16. The Labute approximate surface area is 189 Å². The van der Waals surface area contributed by atoms with Gasteiger partial charge in [-0.05, 0) is 50.5 Å². The number of amides is 2. The topological polar surface area (TPSA) is 115 Å². The van der Waals surface area contributed by atoms with E-state index in [-0.39, 0.29) is 35.4 Å². The smallest absolute Gasteiger partial charge is 0.243 e. The molecule has 1 unspecified atom stereocenters. The van der Waals surface area contributed by atoms with Crippen molar-refractivity contribution in [3.05, 3.63) is 24.0 Å². The van der Waals surface area contributed by atoms with Gasteiger partial charge in [0.2, 0.25) is 11.8 Å². The number of hydrogen-bond acceptors (Lipinski definition) is 6. The number of nitrogens with one attached hydrogen (secondary N) is 3. The summed E-state index contributed by atoms with van der Waals surface area (Å²) in [5.41, 5.74) is 0.720. The Morgan fingerprint density at radius 1 is 1.16 bits per heavy atom. The van der Waals surface area contributed by atoms with Crippen LogP contribution in [0.3, 0.4) is 0 Å². The highest BCUT2D eigenvalue weighted by molar-refractivity contribution is 6.45. The van der Waals surface area contributed by atoms with Crippen LogP contribution in [-0.2, 0) is 14.4 Å². The second-order valence-electron chi connectivity index (χ2n) is 9.43. The number of hydrogen-bond donors (Lipinski definition) is 3. The molecule has 0 radical (unpaired) electrons. The second kappa shape index (κ2) is 9.38. The van der Waals surface area contributed by atoms with Crippen LogP contribution in [0.5, 0.6) is 0 Å². The summed E-state index contributed by atoms with van der Waals surface area (Å²) >= 11 is 0. The van der Waals surface area contributed by atoms with Gasteiger partial charge in [0, 0.05) is 30.8 Å². The molecule has 1 aliphatic heterocycles. The predicted octanol–water partition coefficient (Wildman–Crippen LogP) is 2.67. The normalized spacial score (nSPS) is 22.3. The van der Waals surface area contributed by atoms with Gasteiger partial charge >= 0.3 is 0 Å². The first-order chi connectivity index (χ1) is 15.4. The Bertz CT molecular complexity index is 905. The molecule has 1 aromatic heterocycles. The zero-order valence-electron chi connectivity index (χ0n) is 18.8. The van der Waals surface area contributed by atoms with Crippen molar-refractivity contribution in [2.24, 2.45) is 5.92 Å². The van der Waals surface area contributed by atoms with Crippen molar-refractivity contribution in [2.75, 3.05) is 18.4 Å². The van der Waals surface area contributed by atoms with E-state index < -0.39 is 6.04 Å². The first kappa shape index (κ1) is 22.4. The zero-order chi connectivity index (χ0) is 22.7. The average Bonchev–Trinajstić information content (AvgIpc) is 3.41. The summed E-state index contributed by atoms with van der Waals surface area (Å²) in [5, 5.41) is 14.3. The average molecular weight is 440 g/mol. The molecule has 0 bridgehead atoms. The molecule has 172 valence electrons. The van der Waals surface area contributed by atoms with Crippen LogP contribution in [0.1, 0.15) is 70.3 Å². The van der Waals surface area contributed by atoms with E-state index in [1.807, 2.05) is 0 Å². The molecule has 8 heteroatoms. The molecule has 8 nitrogen and oxygen atoms in total. The number of pyridine rings is 1. The number of nitrogens with zero attached hydrogens (tertiary/aromatic N) is 2. The van der Waals surface area contributed by atoms with Crippen LogP contribution in [0.2, 0.25) is 0 Å². The van der Waals surface area contributed by atoms with Crippen molar-refractivity contribution in [3.63, 3.8) is 0 Å². The van der Waals surface area contributed by atoms with Crippen molar-refractivity contribution < 1.29 is 14.4 Å². The summed E-state index contributed by atoms with van der Waals surface area (Å²) in [6.07, 6.45) is 12.8. The van der Waals surface area contributed by atoms with Gasteiger partial charge in [-0.15, -0.1) is 0 Å². The minimum Gasteiger partial charge on any atom is -0.374 e. The molecule has 2 saturated carbocycles. The molecule has 1 atom stereocenters. The summed E-state index contributed by atoms with van der Waals surface area (Å²) in [5.74, 6) is 0.0514. The van der Waals surface area contributed by atoms with Gasteiger partial charge in [0.05, 0.1) is 18.4 Å². The fourth-order valence-corrected chi connectivity index (χ4v) is 5.31. The quantitative estimate of drug-likeness (QED) is 0.539. The second-order valence-corrected chi connectivity index (χ2v) is 9.43. The molecule has 0 spiro atoms. The first-order valence-electron chi connectivity index (χ1n) is 11.8. The van der Waals surface area contributed by atoms with Crippen molar-refractivity contribution in [1.82, 2.24) is 15.2 Å². The van der Waals surface area contributed by atoms with Gasteiger partial charge in [0.15, 0.2) is 5.78 Å². The van der Waals surface area contributed by atoms with Gasteiger partial charge in [-0.1, -0.05) is 19.3 Å². The van der Waals surface area contributed by atoms with Crippen LogP contribution in [0.15, 0.2) is 18.5 Å². The number of aromatic nitrogens is 1. The number of ketones is 1.